The summed E-state index contributed by atoms with van der Waals surface area (Å²) < 4.78 is 1.49. The summed E-state index contributed by atoms with van der Waals surface area (Å²) in [6, 6.07) is 0.185. The summed E-state index contributed by atoms with van der Waals surface area (Å²) >= 11 is 0. The zero-order valence-electron chi connectivity index (χ0n) is 10.8. The molecule has 6 heteroatoms. The second-order valence-electron chi connectivity index (χ2n) is 5.30. The minimum atomic E-state index is -0.0375. The van der Waals surface area contributed by atoms with Gasteiger partial charge in [-0.2, -0.15) is 0 Å². The van der Waals surface area contributed by atoms with Crippen LogP contribution >= 0.6 is 0 Å². The lowest BCUT2D eigenvalue weighted by Gasteiger charge is -2.32. The quantitative estimate of drug-likeness (QED) is 0.859. The molecule has 19 heavy (non-hydrogen) atoms. The lowest BCUT2D eigenvalue weighted by atomic mass is 10.1. The van der Waals surface area contributed by atoms with Crippen molar-refractivity contribution >= 4 is 11.9 Å². The van der Waals surface area contributed by atoms with Crippen LogP contribution in [0.15, 0.2) is 18.7 Å². The van der Waals surface area contributed by atoms with E-state index in [1.165, 1.54) is 10.9 Å². The molecular weight excluding hydrogens is 244 g/mol. The molecule has 3 rings (SSSR count). The molecule has 2 amide bonds. The zero-order chi connectivity index (χ0) is 13.2. The first kappa shape index (κ1) is 12.2. The second-order valence-corrected chi connectivity index (χ2v) is 5.30. The van der Waals surface area contributed by atoms with Crippen molar-refractivity contribution in [1.29, 1.82) is 0 Å². The van der Waals surface area contributed by atoms with E-state index in [0.717, 1.165) is 25.7 Å². The molecule has 1 saturated carbocycles. The normalized spacial score (nSPS) is 20.3. The van der Waals surface area contributed by atoms with Gasteiger partial charge in [0.2, 0.25) is 5.91 Å². The highest BCUT2D eigenvalue weighted by Gasteiger charge is 2.32. The maximum Gasteiger partial charge on any atom is 0.329 e. The number of carbonyl (C=O) groups is 2. The van der Waals surface area contributed by atoms with E-state index in [1.807, 2.05) is 4.90 Å². The van der Waals surface area contributed by atoms with Crippen molar-refractivity contribution < 1.29 is 9.59 Å². The van der Waals surface area contributed by atoms with Crippen molar-refractivity contribution in [1.82, 2.24) is 19.8 Å². The van der Waals surface area contributed by atoms with Crippen LogP contribution in [0.3, 0.4) is 0 Å². The molecule has 1 aliphatic carbocycles. The molecule has 2 heterocycles. The van der Waals surface area contributed by atoms with Gasteiger partial charge in [0.1, 0.15) is 6.33 Å². The molecular formula is C13H18N4O2. The molecule has 2 fully saturated rings. The van der Waals surface area contributed by atoms with Gasteiger partial charge in [0.15, 0.2) is 0 Å². The fourth-order valence-electron chi connectivity index (χ4n) is 2.42. The van der Waals surface area contributed by atoms with Crippen LogP contribution in [0.1, 0.15) is 25.7 Å². The van der Waals surface area contributed by atoms with Crippen molar-refractivity contribution in [3.63, 3.8) is 0 Å². The fourth-order valence-corrected chi connectivity index (χ4v) is 2.42. The largest absolute Gasteiger partial charge is 0.353 e. The summed E-state index contributed by atoms with van der Waals surface area (Å²) in [5.41, 5.74) is 0. The van der Waals surface area contributed by atoms with Crippen LogP contribution in [0, 0.1) is 5.92 Å². The standard InChI is InChI=1S/C13H18N4O2/c18-12(10-1-2-10)15-11-3-6-16(7-4-11)13(19)17-8-5-14-9-17/h5,8-11H,1-4,6-7H2,(H,15,18). The molecule has 1 saturated heterocycles. The van der Waals surface area contributed by atoms with E-state index in [4.69, 9.17) is 0 Å². The summed E-state index contributed by atoms with van der Waals surface area (Å²) in [5.74, 6) is 0.449. The third-order valence-corrected chi connectivity index (χ3v) is 3.79. The van der Waals surface area contributed by atoms with Gasteiger partial charge >= 0.3 is 6.03 Å². The lowest BCUT2D eigenvalue weighted by Crippen LogP contribution is -2.47. The van der Waals surface area contributed by atoms with E-state index >= 15 is 0 Å². The smallest absolute Gasteiger partial charge is 0.329 e. The highest BCUT2D eigenvalue weighted by Crippen LogP contribution is 2.29. The number of nitrogens with one attached hydrogen (secondary N) is 1. The van der Waals surface area contributed by atoms with Crippen LogP contribution in [0.5, 0.6) is 0 Å². The van der Waals surface area contributed by atoms with Crippen molar-refractivity contribution in [2.75, 3.05) is 13.1 Å². The summed E-state index contributed by atoms with van der Waals surface area (Å²) in [7, 11) is 0. The molecule has 1 aromatic rings. The molecule has 0 spiro atoms. The molecule has 0 bridgehead atoms. The van der Waals surface area contributed by atoms with Gasteiger partial charge in [-0.05, 0) is 25.7 Å². The Morgan fingerprint density at radius 3 is 2.47 bits per heavy atom. The fraction of sp³-hybridized carbons (Fsp3) is 0.615. The molecule has 102 valence electrons. The van der Waals surface area contributed by atoms with Gasteiger partial charge in [-0.3, -0.25) is 9.36 Å². The van der Waals surface area contributed by atoms with E-state index < -0.39 is 0 Å². The minimum absolute atomic E-state index is 0.0375. The monoisotopic (exact) mass is 262 g/mol. The Morgan fingerprint density at radius 1 is 1.16 bits per heavy atom. The summed E-state index contributed by atoms with van der Waals surface area (Å²) in [6.07, 6.45) is 8.50. The number of carbonyl (C=O) groups excluding carboxylic acids is 2. The first-order chi connectivity index (χ1) is 9.24. The van der Waals surface area contributed by atoms with Crippen LogP contribution in [0.2, 0.25) is 0 Å². The van der Waals surface area contributed by atoms with E-state index in [2.05, 4.69) is 10.3 Å². The maximum absolute atomic E-state index is 12.1. The van der Waals surface area contributed by atoms with E-state index in [-0.39, 0.29) is 23.9 Å². The van der Waals surface area contributed by atoms with Crippen molar-refractivity contribution in [3.8, 4) is 0 Å². The van der Waals surface area contributed by atoms with Crippen LogP contribution in [0.4, 0.5) is 4.79 Å². The van der Waals surface area contributed by atoms with Crippen molar-refractivity contribution in [3.05, 3.63) is 18.7 Å². The average molecular weight is 262 g/mol. The lowest BCUT2D eigenvalue weighted by molar-refractivity contribution is -0.123. The number of piperidine rings is 1. The number of imidazole rings is 1. The predicted molar refractivity (Wildman–Crippen MR) is 68.5 cm³/mol. The number of aromatic nitrogens is 2. The number of hydrogen-bond donors (Lipinski definition) is 1. The van der Waals surface area contributed by atoms with Gasteiger partial charge < -0.3 is 10.2 Å². The predicted octanol–water partition coefficient (Wildman–Crippen LogP) is 0.842. The minimum Gasteiger partial charge on any atom is -0.353 e. The van der Waals surface area contributed by atoms with Crippen LogP contribution in [-0.2, 0) is 4.79 Å². The van der Waals surface area contributed by atoms with Gasteiger partial charge in [-0.1, -0.05) is 0 Å². The molecule has 1 N–H and O–H groups in total. The van der Waals surface area contributed by atoms with Crippen LogP contribution < -0.4 is 5.32 Å². The van der Waals surface area contributed by atoms with Gasteiger partial charge in [0, 0.05) is 37.4 Å². The molecule has 0 radical (unpaired) electrons. The third-order valence-electron chi connectivity index (χ3n) is 3.79. The van der Waals surface area contributed by atoms with E-state index in [1.54, 1.807) is 12.4 Å². The maximum atomic E-state index is 12.1. The van der Waals surface area contributed by atoms with Gasteiger partial charge in [0.05, 0.1) is 0 Å². The van der Waals surface area contributed by atoms with E-state index in [9.17, 15) is 9.59 Å². The molecule has 1 aliphatic heterocycles. The summed E-state index contributed by atoms with van der Waals surface area (Å²) in [6.45, 7) is 1.37. The third kappa shape index (κ3) is 2.77. The molecule has 0 atom stereocenters. The Labute approximate surface area is 111 Å². The number of rotatable bonds is 2. The van der Waals surface area contributed by atoms with Crippen molar-refractivity contribution in [2.45, 2.75) is 31.7 Å². The molecule has 2 aliphatic rings. The molecule has 0 unspecified atom stereocenters. The summed E-state index contributed by atoms with van der Waals surface area (Å²) in [4.78, 5) is 29.4. The number of likely N-dealkylation sites (tertiary alicyclic amines) is 1. The number of amides is 2. The van der Waals surface area contributed by atoms with Gasteiger partial charge in [-0.25, -0.2) is 9.78 Å². The molecule has 6 nitrogen and oxygen atoms in total. The molecule has 1 aromatic heterocycles. The average Bonchev–Trinajstić information content (AvgIpc) is 3.14. The Morgan fingerprint density at radius 2 is 1.89 bits per heavy atom. The Balaban J connectivity index is 1.49. The van der Waals surface area contributed by atoms with Crippen LogP contribution in [0.25, 0.3) is 0 Å². The first-order valence-electron chi connectivity index (χ1n) is 6.81. The Kier molecular flexibility index (Phi) is 3.23. The SMILES string of the molecule is O=C(NC1CCN(C(=O)n2ccnc2)CC1)C1CC1. The Bertz CT molecular complexity index is 459. The van der Waals surface area contributed by atoms with E-state index in [0.29, 0.717) is 13.1 Å². The number of nitrogens with zero attached hydrogens (tertiary/aromatic N) is 3. The number of hydrogen-bond acceptors (Lipinski definition) is 3. The van der Waals surface area contributed by atoms with Gasteiger partial charge in [-0.15, -0.1) is 0 Å². The first-order valence-corrected chi connectivity index (χ1v) is 6.81. The highest BCUT2D eigenvalue weighted by atomic mass is 16.2. The molecule has 0 aromatic carbocycles. The van der Waals surface area contributed by atoms with Crippen molar-refractivity contribution in [2.24, 2.45) is 5.92 Å². The van der Waals surface area contributed by atoms with Gasteiger partial charge in [0.25, 0.3) is 0 Å². The Hall–Kier alpha value is -1.85. The zero-order valence-corrected chi connectivity index (χ0v) is 10.8. The topological polar surface area (TPSA) is 67.2 Å². The highest BCUT2D eigenvalue weighted by molar-refractivity contribution is 5.81. The summed E-state index contributed by atoms with van der Waals surface area (Å²) in [5, 5.41) is 3.08. The second kappa shape index (κ2) is 5.03. The van der Waals surface area contributed by atoms with Crippen LogP contribution in [-0.4, -0.2) is 45.5 Å².